The van der Waals surface area contributed by atoms with Crippen molar-refractivity contribution in [3.05, 3.63) is 0 Å². The Bertz CT molecular complexity index is 305. The Morgan fingerprint density at radius 2 is 2.12 bits per heavy atom. The predicted octanol–water partition coefficient (Wildman–Crippen LogP) is -0.468. The summed E-state index contributed by atoms with van der Waals surface area (Å²) in [5.41, 5.74) is 0. The topological polar surface area (TPSA) is 69.6 Å². The first kappa shape index (κ1) is 12.5. The molecule has 0 aliphatic heterocycles. The van der Waals surface area contributed by atoms with Crippen LogP contribution in [0.4, 0.5) is 0 Å². The minimum Gasteiger partial charge on any atom is -0.480 e. The molecule has 0 saturated heterocycles. The zero-order valence-electron chi connectivity index (χ0n) is 9.11. The van der Waals surface area contributed by atoms with Gasteiger partial charge in [-0.1, -0.05) is 5.92 Å². The lowest BCUT2D eigenvalue weighted by atomic mass is 10.3. The summed E-state index contributed by atoms with van der Waals surface area (Å²) in [5.74, 6) is 1.72. The lowest BCUT2D eigenvalue weighted by molar-refractivity contribution is -0.138. The number of amides is 1. The Balaban J connectivity index is 2.32. The lowest BCUT2D eigenvalue weighted by Crippen LogP contribution is -2.40. The van der Waals surface area contributed by atoms with Gasteiger partial charge in [0.1, 0.15) is 0 Å². The molecule has 0 aromatic heterocycles. The van der Waals surface area contributed by atoms with Crippen LogP contribution in [0.5, 0.6) is 0 Å². The van der Waals surface area contributed by atoms with Crippen molar-refractivity contribution in [3.63, 3.8) is 0 Å². The van der Waals surface area contributed by atoms with Gasteiger partial charge in [-0.2, -0.15) is 0 Å². The van der Waals surface area contributed by atoms with Crippen molar-refractivity contribution < 1.29 is 14.7 Å². The first-order valence-electron chi connectivity index (χ1n) is 5.26. The summed E-state index contributed by atoms with van der Waals surface area (Å²) < 4.78 is 0. The third kappa shape index (κ3) is 5.37. The molecule has 1 aliphatic carbocycles. The molecular formula is C11H16N2O3. The van der Waals surface area contributed by atoms with E-state index in [1.807, 2.05) is 0 Å². The number of hydrogen-bond acceptors (Lipinski definition) is 3. The number of rotatable bonds is 7. The zero-order chi connectivity index (χ0) is 12.0. The monoisotopic (exact) mass is 224 g/mol. The lowest BCUT2D eigenvalue weighted by Gasteiger charge is -2.18. The molecule has 0 unspecified atom stereocenters. The Labute approximate surface area is 94.8 Å². The van der Waals surface area contributed by atoms with E-state index >= 15 is 0 Å². The smallest absolute Gasteiger partial charge is 0.317 e. The molecule has 5 nitrogen and oxygen atoms in total. The summed E-state index contributed by atoms with van der Waals surface area (Å²) in [7, 11) is 0. The quantitative estimate of drug-likeness (QED) is 0.574. The fourth-order valence-corrected chi connectivity index (χ4v) is 1.45. The maximum atomic E-state index is 11.4. The van der Waals surface area contributed by atoms with E-state index in [2.05, 4.69) is 11.2 Å². The molecular weight excluding hydrogens is 208 g/mol. The number of terminal acetylenes is 1. The predicted molar refractivity (Wildman–Crippen MR) is 58.6 cm³/mol. The van der Waals surface area contributed by atoms with E-state index in [1.165, 1.54) is 0 Å². The maximum absolute atomic E-state index is 11.4. The van der Waals surface area contributed by atoms with Crippen LogP contribution in [0.15, 0.2) is 0 Å². The summed E-state index contributed by atoms with van der Waals surface area (Å²) in [6.07, 6.45) is 7.26. The van der Waals surface area contributed by atoms with E-state index in [-0.39, 0.29) is 25.5 Å². The molecule has 1 amide bonds. The second kappa shape index (κ2) is 6.13. The average Bonchev–Trinajstić information content (AvgIpc) is 2.97. The molecule has 2 N–H and O–H groups in total. The Morgan fingerprint density at radius 1 is 1.44 bits per heavy atom. The Morgan fingerprint density at radius 3 is 2.62 bits per heavy atom. The van der Waals surface area contributed by atoms with E-state index < -0.39 is 5.97 Å². The normalized spacial score (nSPS) is 14.5. The van der Waals surface area contributed by atoms with E-state index in [4.69, 9.17) is 11.5 Å². The summed E-state index contributed by atoms with van der Waals surface area (Å²) in [4.78, 5) is 23.6. The van der Waals surface area contributed by atoms with Gasteiger partial charge in [-0.25, -0.2) is 0 Å². The number of hydrogen-bond donors (Lipinski definition) is 2. The average molecular weight is 224 g/mol. The van der Waals surface area contributed by atoms with Crippen LogP contribution in [0, 0.1) is 18.3 Å². The van der Waals surface area contributed by atoms with Crippen LogP contribution >= 0.6 is 0 Å². The van der Waals surface area contributed by atoms with Gasteiger partial charge in [-0.15, -0.1) is 6.42 Å². The van der Waals surface area contributed by atoms with Crippen molar-refractivity contribution in [3.8, 4) is 12.3 Å². The third-order valence-electron chi connectivity index (χ3n) is 2.33. The molecule has 0 heterocycles. The van der Waals surface area contributed by atoms with Gasteiger partial charge >= 0.3 is 5.97 Å². The van der Waals surface area contributed by atoms with Gasteiger partial charge in [0.2, 0.25) is 5.91 Å². The van der Waals surface area contributed by atoms with Crippen molar-refractivity contribution >= 4 is 11.9 Å². The van der Waals surface area contributed by atoms with E-state index in [0.29, 0.717) is 12.5 Å². The van der Waals surface area contributed by atoms with Crippen LogP contribution < -0.4 is 5.32 Å². The van der Waals surface area contributed by atoms with Gasteiger partial charge in [0.25, 0.3) is 0 Å². The fraction of sp³-hybridized carbons (Fsp3) is 0.636. The standard InChI is InChI=1S/C11H16N2O3/c1-2-5-12-10(14)7-13(8-11(15)16)6-9-3-4-9/h1,9H,3-8H2,(H,12,14)(H,15,16). The largest absolute Gasteiger partial charge is 0.480 e. The molecule has 88 valence electrons. The number of carboxylic acids is 1. The second-order valence-corrected chi connectivity index (χ2v) is 3.99. The Kier molecular flexibility index (Phi) is 4.80. The van der Waals surface area contributed by atoms with Crippen LogP contribution in [0.2, 0.25) is 0 Å². The highest BCUT2D eigenvalue weighted by atomic mass is 16.4. The van der Waals surface area contributed by atoms with Crippen LogP contribution in [0.25, 0.3) is 0 Å². The van der Waals surface area contributed by atoms with Crippen LogP contribution in [0.3, 0.4) is 0 Å². The molecule has 0 bridgehead atoms. The second-order valence-electron chi connectivity index (χ2n) is 3.99. The number of carbonyl (C=O) groups excluding carboxylic acids is 1. The summed E-state index contributed by atoms with van der Waals surface area (Å²) in [6, 6.07) is 0. The highest BCUT2D eigenvalue weighted by molar-refractivity contribution is 5.79. The van der Waals surface area contributed by atoms with Crippen molar-refractivity contribution in [1.29, 1.82) is 0 Å². The molecule has 1 fully saturated rings. The highest BCUT2D eigenvalue weighted by Gasteiger charge is 2.26. The van der Waals surface area contributed by atoms with Gasteiger partial charge in [-0.3, -0.25) is 14.5 Å². The van der Waals surface area contributed by atoms with Crippen molar-refractivity contribution in [1.82, 2.24) is 10.2 Å². The summed E-state index contributed by atoms with van der Waals surface area (Å²) >= 11 is 0. The van der Waals surface area contributed by atoms with Crippen molar-refractivity contribution in [2.45, 2.75) is 12.8 Å². The molecule has 1 rings (SSSR count). The highest BCUT2D eigenvalue weighted by Crippen LogP contribution is 2.29. The van der Waals surface area contributed by atoms with Gasteiger partial charge in [0.15, 0.2) is 0 Å². The van der Waals surface area contributed by atoms with Gasteiger partial charge in [-0.05, 0) is 18.8 Å². The molecule has 0 aromatic carbocycles. The molecule has 0 spiro atoms. The van der Waals surface area contributed by atoms with Crippen LogP contribution in [-0.2, 0) is 9.59 Å². The molecule has 16 heavy (non-hydrogen) atoms. The zero-order valence-corrected chi connectivity index (χ0v) is 9.11. The minimum atomic E-state index is -0.912. The van der Waals surface area contributed by atoms with Gasteiger partial charge < -0.3 is 10.4 Å². The number of carboxylic acid groups (broad SMARTS) is 1. The molecule has 1 aliphatic rings. The number of nitrogens with zero attached hydrogens (tertiary/aromatic N) is 1. The molecule has 0 aromatic rings. The van der Waals surface area contributed by atoms with E-state index in [1.54, 1.807) is 4.90 Å². The van der Waals surface area contributed by atoms with E-state index in [0.717, 1.165) is 12.8 Å². The first-order chi connectivity index (χ1) is 7.61. The molecule has 0 radical (unpaired) electrons. The van der Waals surface area contributed by atoms with Crippen molar-refractivity contribution in [2.24, 2.45) is 5.92 Å². The van der Waals surface area contributed by atoms with E-state index in [9.17, 15) is 9.59 Å². The third-order valence-corrected chi connectivity index (χ3v) is 2.33. The van der Waals surface area contributed by atoms with Gasteiger partial charge in [0, 0.05) is 6.54 Å². The molecule has 5 heteroatoms. The first-order valence-corrected chi connectivity index (χ1v) is 5.26. The fourth-order valence-electron chi connectivity index (χ4n) is 1.45. The number of carbonyl (C=O) groups is 2. The molecule has 0 atom stereocenters. The van der Waals surface area contributed by atoms with Crippen molar-refractivity contribution in [2.75, 3.05) is 26.2 Å². The number of nitrogens with one attached hydrogen (secondary N) is 1. The minimum absolute atomic E-state index is 0.0972. The maximum Gasteiger partial charge on any atom is 0.317 e. The SMILES string of the molecule is C#CCNC(=O)CN(CC(=O)O)CC1CC1. The summed E-state index contributed by atoms with van der Waals surface area (Å²) in [6.45, 7) is 0.864. The van der Waals surface area contributed by atoms with Gasteiger partial charge in [0.05, 0.1) is 19.6 Å². The Hall–Kier alpha value is -1.54. The molecule has 1 saturated carbocycles. The number of aliphatic carboxylic acids is 1. The summed E-state index contributed by atoms with van der Waals surface area (Å²) in [5, 5.41) is 11.2. The van der Waals surface area contributed by atoms with Crippen LogP contribution in [0.1, 0.15) is 12.8 Å². The van der Waals surface area contributed by atoms with Crippen LogP contribution in [-0.4, -0.2) is 48.1 Å².